The Hall–Kier alpha value is -1.20. The summed E-state index contributed by atoms with van der Waals surface area (Å²) in [6.07, 6.45) is 3.77. The van der Waals surface area contributed by atoms with Crippen molar-refractivity contribution >= 4 is 11.3 Å². The molecule has 0 amide bonds. The van der Waals surface area contributed by atoms with Crippen LogP contribution in [0.4, 0.5) is 0 Å². The van der Waals surface area contributed by atoms with Crippen LogP contribution in [0.1, 0.15) is 36.2 Å². The van der Waals surface area contributed by atoms with E-state index in [1.807, 2.05) is 10.8 Å². The SMILES string of the molecule is CC(C)c1nc(Cn2cnc(CN)c2)cs1. The molecule has 0 saturated heterocycles. The van der Waals surface area contributed by atoms with E-state index >= 15 is 0 Å². The Balaban J connectivity index is 2.08. The van der Waals surface area contributed by atoms with Gasteiger partial charge in [0, 0.05) is 24.0 Å². The molecule has 0 aliphatic rings. The number of rotatable bonds is 4. The number of nitrogens with zero attached hydrogens (tertiary/aromatic N) is 3. The van der Waals surface area contributed by atoms with Crippen molar-refractivity contribution in [2.75, 3.05) is 0 Å². The van der Waals surface area contributed by atoms with E-state index in [1.165, 1.54) is 5.01 Å². The monoisotopic (exact) mass is 236 g/mol. The molecule has 0 fully saturated rings. The van der Waals surface area contributed by atoms with Gasteiger partial charge in [-0.05, 0) is 0 Å². The zero-order chi connectivity index (χ0) is 11.5. The Morgan fingerprint density at radius 2 is 2.25 bits per heavy atom. The van der Waals surface area contributed by atoms with E-state index < -0.39 is 0 Å². The molecular weight excluding hydrogens is 220 g/mol. The van der Waals surface area contributed by atoms with E-state index in [-0.39, 0.29) is 0 Å². The lowest BCUT2D eigenvalue weighted by molar-refractivity contribution is 0.761. The summed E-state index contributed by atoms with van der Waals surface area (Å²) < 4.78 is 2.02. The lowest BCUT2D eigenvalue weighted by Gasteiger charge is -1.98. The molecule has 16 heavy (non-hydrogen) atoms. The van der Waals surface area contributed by atoms with E-state index in [0.717, 1.165) is 17.9 Å². The molecule has 0 aliphatic carbocycles. The highest BCUT2D eigenvalue weighted by atomic mass is 32.1. The van der Waals surface area contributed by atoms with Crippen molar-refractivity contribution in [3.05, 3.63) is 34.3 Å². The molecular formula is C11H16N4S. The Morgan fingerprint density at radius 3 is 2.81 bits per heavy atom. The fraction of sp³-hybridized carbons (Fsp3) is 0.455. The van der Waals surface area contributed by atoms with Crippen molar-refractivity contribution in [2.45, 2.75) is 32.9 Å². The normalized spacial score (nSPS) is 11.2. The first-order valence-corrected chi connectivity index (χ1v) is 6.22. The van der Waals surface area contributed by atoms with Gasteiger partial charge in [0.15, 0.2) is 0 Å². The van der Waals surface area contributed by atoms with Crippen LogP contribution in [0.5, 0.6) is 0 Å². The number of nitrogens with two attached hydrogens (primary N) is 1. The Morgan fingerprint density at radius 1 is 1.44 bits per heavy atom. The Labute approximate surface area is 99.2 Å². The molecule has 4 nitrogen and oxygen atoms in total. The lowest BCUT2D eigenvalue weighted by atomic mass is 10.2. The van der Waals surface area contributed by atoms with Crippen LogP contribution in [-0.2, 0) is 13.1 Å². The molecule has 2 rings (SSSR count). The molecule has 0 unspecified atom stereocenters. The van der Waals surface area contributed by atoms with Crippen LogP contribution in [0.3, 0.4) is 0 Å². The maximum absolute atomic E-state index is 5.51. The van der Waals surface area contributed by atoms with Crippen LogP contribution in [0, 0.1) is 0 Å². The summed E-state index contributed by atoms with van der Waals surface area (Å²) in [5.74, 6) is 0.501. The predicted molar refractivity (Wildman–Crippen MR) is 65.4 cm³/mol. The van der Waals surface area contributed by atoms with Gasteiger partial charge in [0.2, 0.25) is 0 Å². The van der Waals surface area contributed by atoms with Crippen molar-refractivity contribution in [2.24, 2.45) is 5.73 Å². The van der Waals surface area contributed by atoms with Gasteiger partial charge < -0.3 is 10.3 Å². The zero-order valence-electron chi connectivity index (χ0n) is 9.55. The second-order valence-corrected chi connectivity index (χ2v) is 4.96. The molecule has 0 saturated carbocycles. The highest BCUT2D eigenvalue weighted by Crippen LogP contribution is 2.19. The average molecular weight is 236 g/mol. The highest BCUT2D eigenvalue weighted by Gasteiger charge is 2.06. The fourth-order valence-corrected chi connectivity index (χ4v) is 2.27. The van der Waals surface area contributed by atoms with E-state index in [2.05, 4.69) is 29.2 Å². The summed E-state index contributed by atoms with van der Waals surface area (Å²) in [5, 5.41) is 3.30. The van der Waals surface area contributed by atoms with Crippen LogP contribution in [0.15, 0.2) is 17.9 Å². The van der Waals surface area contributed by atoms with Crippen LogP contribution in [0.25, 0.3) is 0 Å². The first-order valence-electron chi connectivity index (χ1n) is 5.34. The van der Waals surface area contributed by atoms with Gasteiger partial charge >= 0.3 is 0 Å². The van der Waals surface area contributed by atoms with E-state index in [9.17, 15) is 0 Å². The largest absolute Gasteiger partial charge is 0.331 e. The highest BCUT2D eigenvalue weighted by molar-refractivity contribution is 7.09. The number of aromatic nitrogens is 3. The molecule has 0 radical (unpaired) electrons. The van der Waals surface area contributed by atoms with Gasteiger partial charge in [-0.15, -0.1) is 11.3 Å². The first-order chi connectivity index (χ1) is 7.69. The molecule has 0 aromatic carbocycles. The molecule has 0 aliphatic heterocycles. The lowest BCUT2D eigenvalue weighted by Crippen LogP contribution is -1.99. The van der Waals surface area contributed by atoms with E-state index in [0.29, 0.717) is 12.5 Å². The number of imidazole rings is 1. The second kappa shape index (κ2) is 4.76. The van der Waals surface area contributed by atoms with Gasteiger partial charge in [-0.1, -0.05) is 13.8 Å². The number of thiazole rings is 1. The fourth-order valence-electron chi connectivity index (χ4n) is 1.45. The minimum atomic E-state index is 0.487. The third-order valence-corrected chi connectivity index (χ3v) is 3.50. The number of hydrogen-bond acceptors (Lipinski definition) is 4. The minimum absolute atomic E-state index is 0.487. The van der Waals surface area contributed by atoms with Gasteiger partial charge in [0.1, 0.15) is 0 Å². The second-order valence-electron chi connectivity index (χ2n) is 4.07. The Kier molecular flexibility index (Phi) is 3.36. The summed E-state index contributed by atoms with van der Waals surface area (Å²) in [6.45, 7) is 5.58. The van der Waals surface area contributed by atoms with Crippen LogP contribution >= 0.6 is 11.3 Å². The topological polar surface area (TPSA) is 56.7 Å². The zero-order valence-corrected chi connectivity index (χ0v) is 10.4. The third-order valence-electron chi connectivity index (χ3n) is 2.30. The standard InChI is InChI=1S/C11H16N4S/c1-8(2)11-14-10(6-16-11)5-15-4-9(3-12)13-7-15/h4,6-8H,3,5,12H2,1-2H3. The molecule has 2 N–H and O–H groups in total. The van der Waals surface area contributed by atoms with Crippen molar-refractivity contribution in [1.82, 2.24) is 14.5 Å². The van der Waals surface area contributed by atoms with Gasteiger partial charge in [0.25, 0.3) is 0 Å². The molecule has 0 bridgehead atoms. The summed E-state index contributed by atoms with van der Waals surface area (Å²) in [4.78, 5) is 8.77. The van der Waals surface area contributed by atoms with Gasteiger partial charge in [-0.25, -0.2) is 9.97 Å². The van der Waals surface area contributed by atoms with Gasteiger partial charge in [-0.3, -0.25) is 0 Å². The van der Waals surface area contributed by atoms with Crippen molar-refractivity contribution in [3.63, 3.8) is 0 Å². The molecule has 0 spiro atoms. The van der Waals surface area contributed by atoms with E-state index in [1.54, 1.807) is 17.7 Å². The minimum Gasteiger partial charge on any atom is -0.331 e. The molecule has 0 atom stereocenters. The first kappa shape index (κ1) is 11.3. The van der Waals surface area contributed by atoms with Crippen molar-refractivity contribution in [1.29, 1.82) is 0 Å². The molecule has 5 heteroatoms. The smallest absolute Gasteiger partial charge is 0.0954 e. The third kappa shape index (κ3) is 2.48. The Bertz CT molecular complexity index is 458. The summed E-state index contributed by atoms with van der Waals surface area (Å²) in [5.41, 5.74) is 7.52. The summed E-state index contributed by atoms with van der Waals surface area (Å²) >= 11 is 1.72. The molecule has 2 heterocycles. The average Bonchev–Trinajstić information content (AvgIpc) is 2.87. The summed E-state index contributed by atoms with van der Waals surface area (Å²) in [6, 6.07) is 0. The van der Waals surface area contributed by atoms with E-state index in [4.69, 9.17) is 5.73 Å². The van der Waals surface area contributed by atoms with Crippen LogP contribution < -0.4 is 5.73 Å². The quantitative estimate of drug-likeness (QED) is 0.883. The van der Waals surface area contributed by atoms with Crippen LogP contribution in [0.2, 0.25) is 0 Å². The molecule has 2 aromatic heterocycles. The van der Waals surface area contributed by atoms with Gasteiger partial charge in [-0.2, -0.15) is 0 Å². The summed E-state index contributed by atoms with van der Waals surface area (Å²) in [7, 11) is 0. The molecule has 86 valence electrons. The van der Waals surface area contributed by atoms with Gasteiger partial charge in [0.05, 0.1) is 29.3 Å². The van der Waals surface area contributed by atoms with Crippen molar-refractivity contribution in [3.8, 4) is 0 Å². The molecule has 2 aromatic rings. The number of hydrogen-bond donors (Lipinski definition) is 1. The van der Waals surface area contributed by atoms with Crippen molar-refractivity contribution < 1.29 is 0 Å². The maximum Gasteiger partial charge on any atom is 0.0954 e. The van der Waals surface area contributed by atoms with Crippen LogP contribution in [-0.4, -0.2) is 14.5 Å². The maximum atomic E-state index is 5.51. The predicted octanol–water partition coefficient (Wildman–Crippen LogP) is 1.97.